The molecule has 0 radical (unpaired) electrons. The number of carbonyl (C=O) groups is 2. The van der Waals surface area contributed by atoms with Crippen LogP contribution in [0.4, 0.5) is 11.5 Å². The number of nitrogens with zero attached hydrogens (tertiary/aromatic N) is 1. The highest BCUT2D eigenvalue weighted by atomic mass is 16.4. The molecule has 6 nitrogen and oxygen atoms in total. The van der Waals surface area contributed by atoms with Crippen LogP contribution in [-0.2, 0) is 4.79 Å². The summed E-state index contributed by atoms with van der Waals surface area (Å²) in [5.41, 5.74) is 7.33. The fourth-order valence-corrected chi connectivity index (χ4v) is 1.71. The van der Waals surface area contributed by atoms with E-state index in [0.29, 0.717) is 16.8 Å². The molecule has 6 heteroatoms. The molecule has 0 atom stereocenters. The monoisotopic (exact) mass is 295 g/mol. The number of nitrogens with one attached hydrogen (secondary N) is 1. The van der Waals surface area contributed by atoms with E-state index >= 15 is 0 Å². The fourth-order valence-electron chi connectivity index (χ4n) is 1.71. The zero-order chi connectivity index (χ0) is 16.1. The number of amides is 1. The lowest BCUT2D eigenvalue weighted by Gasteiger charge is -2.01. The van der Waals surface area contributed by atoms with Gasteiger partial charge in [0.25, 0.3) is 0 Å². The number of rotatable bonds is 2. The summed E-state index contributed by atoms with van der Waals surface area (Å²) in [7, 11) is 0. The SMILES string of the molecule is CC(=O)Nc1cccc(C#Cc2cc(C(=O)O)cnc2N)c1. The smallest absolute Gasteiger partial charge is 0.337 e. The van der Waals surface area contributed by atoms with Crippen LogP contribution in [0.25, 0.3) is 0 Å². The Morgan fingerprint density at radius 2 is 2.05 bits per heavy atom. The van der Waals surface area contributed by atoms with E-state index in [4.69, 9.17) is 10.8 Å². The van der Waals surface area contributed by atoms with Crippen molar-refractivity contribution in [3.05, 3.63) is 53.2 Å². The molecule has 110 valence electrons. The summed E-state index contributed by atoms with van der Waals surface area (Å²) in [6, 6.07) is 8.34. The molecule has 0 saturated carbocycles. The number of benzene rings is 1. The van der Waals surface area contributed by atoms with Gasteiger partial charge in [-0.05, 0) is 24.3 Å². The maximum absolute atomic E-state index is 11.0. The van der Waals surface area contributed by atoms with E-state index in [-0.39, 0.29) is 17.3 Å². The van der Waals surface area contributed by atoms with Crippen molar-refractivity contribution in [1.29, 1.82) is 0 Å². The van der Waals surface area contributed by atoms with Crippen LogP contribution in [0.3, 0.4) is 0 Å². The Morgan fingerprint density at radius 1 is 1.27 bits per heavy atom. The van der Waals surface area contributed by atoms with E-state index in [1.165, 1.54) is 19.2 Å². The first-order valence-electron chi connectivity index (χ1n) is 6.34. The fraction of sp³-hybridized carbons (Fsp3) is 0.0625. The average Bonchev–Trinajstić information content (AvgIpc) is 2.46. The first-order chi connectivity index (χ1) is 10.5. The molecule has 0 saturated heterocycles. The van der Waals surface area contributed by atoms with Crippen molar-refractivity contribution in [1.82, 2.24) is 4.98 Å². The number of anilines is 2. The van der Waals surface area contributed by atoms with Gasteiger partial charge >= 0.3 is 5.97 Å². The molecule has 1 heterocycles. The Hall–Kier alpha value is -3.33. The highest BCUT2D eigenvalue weighted by Gasteiger charge is 2.06. The minimum atomic E-state index is -1.09. The first-order valence-corrected chi connectivity index (χ1v) is 6.34. The summed E-state index contributed by atoms with van der Waals surface area (Å²) < 4.78 is 0. The molecule has 2 rings (SSSR count). The molecule has 1 amide bonds. The van der Waals surface area contributed by atoms with Crippen molar-refractivity contribution < 1.29 is 14.7 Å². The largest absolute Gasteiger partial charge is 0.478 e. The van der Waals surface area contributed by atoms with Crippen molar-refractivity contribution in [2.24, 2.45) is 0 Å². The standard InChI is InChI=1S/C16H13N3O3/c1-10(20)19-14-4-2-3-11(7-14)5-6-12-8-13(16(21)22)9-18-15(12)17/h2-4,7-9H,1H3,(H2,17,18)(H,19,20)(H,21,22). The summed E-state index contributed by atoms with van der Waals surface area (Å²) in [5, 5.41) is 11.6. The van der Waals surface area contributed by atoms with Crippen molar-refractivity contribution >= 4 is 23.4 Å². The predicted molar refractivity (Wildman–Crippen MR) is 82.3 cm³/mol. The van der Waals surface area contributed by atoms with Crippen LogP contribution in [0, 0.1) is 11.8 Å². The Balaban J connectivity index is 2.32. The number of aromatic nitrogens is 1. The van der Waals surface area contributed by atoms with Crippen LogP contribution in [0.1, 0.15) is 28.4 Å². The summed E-state index contributed by atoms with van der Waals surface area (Å²) in [4.78, 5) is 25.7. The molecule has 2 aromatic rings. The maximum atomic E-state index is 11.0. The van der Waals surface area contributed by atoms with Crippen LogP contribution in [0.2, 0.25) is 0 Å². The highest BCUT2D eigenvalue weighted by Crippen LogP contribution is 2.12. The molecule has 0 aliphatic heterocycles. The lowest BCUT2D eigenvalue weighted by Crippen LogP contribution is -2.05. The molecule has 0 aliphatic carbocycles. The number of carboxylic acids is 1. The van der Waals surface area contributed by atoms with E-state index in [1.807, 2.05) is 0 Å². The number of nitrogens with two attached hydrogens (primary N) is 1. The summed E-state index contributed by atoms with van der Waals surface area (Å²) >= 11 is 0. The van der Waals surface area contributed by atoms with Crippen molar-refractivity contribution in [3.63, 3.8) is 0 Å². The summed E-state index contributed by atoms with van der Waals surface area (Å²) in [6.07, 6.45) is 1.18. The van der Waals surface area contributed by atoms with Gasteiger partial charge in [0.1, 0.15) is 5.82 Å². The number of nitrogen functional groups attached to an aromatic ring is 1. The second-order valence-corrected chi connectivity index (χ2v) is 4.47. The molecule has 0 unspecified atom stereocenters. The molecule has 1 aromatic carbocycles. The third-order valence-corrected chi connectivity index (χ3v) is 2.69. The highest BCUT2D eigenvalue weighted by molar-refractivity contribution is 5.89. The number of pyridine rings is 1. The molecule has 0 spiro atoms. The van der Waals surface area contributed by atoms with Gasteiger partial charge in [-0.3, -0.25) is 4.79 Å². The lowest BCUT2D eigenvalue weighted by atomic mass is 10.1. The van der Waals surface area contributed by atoms with Gasteiger partial charge in [-0.15, -0.1) is 0 Å². The number of carbonyl (C=O) groups excluding carboxylic acids is 1. The molecule has 0 fully saturated rings. The van der Waals surface area contributed by atoms with E-state index < -0.39 is 5.97 Å². The minimum Gasteiger partial charge on any atom is -0.478 e. The Bertz CT molecular complexity index is 804. The second-order valence-electron chi connectivity index (χ2n) is 4.47. The normalized spacial score (nSPS) is 9.50. The molecule has 22 heavy (non-hydrogen) atoms. The number of hydrogen-bond donors (Lipinski definition) is 3. The van der Waals surface area contributed by atoms with Crippen molar-refractivity contribution in [3.8, 4) is 11.8 Å². The average molecular weight is 295 g/mol. The third-order valence-electron chi connectivity index (χ3n) is 2.69. The van der Waals surface area contributed by atoms with Gasteiger partial charge in [0.2, 0.25) is 5.91 Å². The quantitative estimate of drug-likeness (QED) is 0.732. The van der Waals surface area contributed by atoms with Gasteiger partial charge in [-0.2, -0.15) is 0 Å². The van der Waals surface area contributed by atoms with Gasteiger partial charge in [0, 0.05) is 24.4 Å². The van der Waals surface area contributed by atoms with Crippen LogP contribution in [-0.4, -0.2) is 22.0 Å². The molecule has 0 bridgehead atoms. The molecular weight excluding hydrogens is 282 g/mol. The predicted octanol–water partition coefficient (Wildman–Crippen LogP) is 1.72. The molecule has 0 aliphatic rings. The van der Waals surface area contributed by atoms with E-state index in [9.17, 15) is 9.59 Å². The first kappa shape index (κ1) is 15.1. The minimum absolute atomic E-state index is 0.0190. The van der Waals surface area contributed by atoms with Gasteiger partial charge < -0.3 is 16.2 Å². The zero-order valence-electron chi connectivity index (χ0n) is 11.8. The maximum Gasteiger partial charge on any atom is 0.337 e. The number of aromatic carboxylic acids is 1. The summed E-state index contributed by atoms with van der Waals surface area (Å²) in [6.45, 7) is 1.42. The topological polar surface area (TPSA) is 105 Å². The number of hydrogen-bond acceptors (Lipinski definition) is 4. The van der Waals surface area contributed by atoms with Gasteiger partial charge in [0.15, 0.2) is 0 Å². The van der Waals surface area contributed by atoms with E-state index in [0.717, 1.165) is 0 Å². The van der Waals surface area contributed by atoms with Gasteiger partial charge in [-0.25, -0.2) is 9.78 Å². The van der Waals surface area contributed by atoms with Crippen molar-refractivity contribution in [2.45, 2.75) is 6.92 Å². The van der Waals surface area contributed by atoms with Crippen LogP contribution < -0.4 is 11.1 Å². The second kappa shape index (κ2) is 6.41. The van der Waals surface area contributed by atoms with E-state index in [2.05, 4.69) is 22.1 Å². The van der Waals surface area contributed by atoms with Crippen LogP contribution in [0.15, 0.2) is 36.5 Å². The van der Waals surface area contributed by atoms with E-state index in [1.54, 1.807) is 24.3 Å². The lowest BCUT2D eigenvalue weighted by molar-refractivity contribution is -0.114. The number of carboxylic acid groups (broad SMARTS) is 1. The Labute approximate surface area is 127 Å². The van der Waals surface area contributed by atoms with Crippen LogP contribution in [0.5, 0.6) is 0 Å². The molecule has 4 N–H and O–H groups in total. The van der Waals surface area contributed by atoms with Crippen molar-refractivity contribution in [2.75, 3.05) is 11.1 Å². The van der Waals surface area contributed by atoms with Crippen LogP contribution >= 0.6 is 0 Å². The molecule has 1 aromatic heterocycles. The molecular formula is C16H13N3O3. The third kappa shape index (κ3) is 3.84. The van der Waals surface area contributed by atoms with Gasteiger partial charge in [-0.1, -0.05) is 17.9 Å². The summed E-state index contributed by atoms with van der Waals surface area (Å²) in [5.74, 6) is 4.55. The zero-order valence-corrected chi connectivity index (χ0v) is 11.8. The van der Waals surface area contributed by atoms with Gasteiger partial charge in [0.05, 0.1) is 11.1 Å². The Morgan fingerprint density at radius 3 is 2.73 bits per heavy atom. The Kier molecular flexibility index (Phi) is 4.39.